The summed E-state index contributed by atoms with van der Waals surface area (Å²) in [5, 5.41) is 14.5. The van der Waals surface area contributed by atoms with Crippen LogP contribution in [0.4, 0.5) is 5.82 Å². The molecule has 0 aliphatic rings. The van der Waals surface area contributed by atoms with Gasteiger partial charge in [0.1, 0.15) is 11.6 Å². The Morgan fingerprint density at radius 1 is 1.20 bits per heavy atom. The molecule has 0 unspecified atom stereocenters. The number of nitrogens with zero attached hydrogens (tertiary/aromatic N) is 3. The molecule has 0 aliphatic heterocycles. The van der Waals surface area contributed by atoms with Gasteiger partial charge in [-0.1, -0.05) is 23.7 Å². The molecule has 0 fully saturated rings. The number of nitrogen functional groups attached to an aromatic ring is 1. The molecule has 3 aromatic rings. The van der Waals surface area contributed by atoms with Crippen LogP contribution < -0.4 is 11.3 Å². The van der Waals surface area contributed by atoms with Crippen molar-refractivity contribution >= 4 is 17.4 Å². The van der Waals surface area contributed by atoms with Gasteiger partial charge in [-0.15, -0.1) is 0 Å². The van der Waals surface area contributed by atoms with Gasteiger partial charge in [-0.25, -0.2) is 9.67 Å². The van der Waals surface area contributed by atoms with Gasteiger partial charge >= 0.3 is 0 Å². The Balaban J connectivity index is 2.28. The molecule has 0 saturated heterocycles. The normalized spacial score (nSPS) is 11.0. The van der Waals surface area contributed by atoms with Crippen molar-refractivity contribution in [2.45, 2.75) is 19.9 Å². The predicted molar refractivity (Wildman–Crippen MR) is 98.6 cm³/mol. The summed E-state index contributed by atoms with van der Waals surface area (Å²) < 4.78 is 1.39. The largest absolute Gasteiger partial charge is 0.508 e. The van der Waals surface area contributed by atoms with E-state index in [1.165, 1.54) is 10.7 Å². The van der Waals surface area contributed by atoms with E-state index >= 15 is 0 Å². The van der Waals surface area contributed by atoms with Crippen LogP contribution in [0.5, 0.6) is 5.75 Å². The standard InChI is InChI=1S/C18H17ClN4O2/c1-10(2)23-16(25)7-6-15(22-23)13-9-14(19)18(20)21-17(13)11-4-3-5-12(24)8-11/h3-10,24H,1-2H3,(H2,20,21). The molecule has 0 amide bonds. The summed E-state index contributed by atoms with van der Waals surface area (Å²) in [4.78, 5) is 16.3. The summed E-state index contributed by atoms with van der Waals surface area (Å²) in [5.41, 5.74) is 8.04. The second kappa shape index (κ2) is 6.57. The van der Waals surface area contributed by atoms with E-state index in [9.17, 15) is 9.90 Å². The second-order valence-electron chi connectivity index (χ2n) is 5.90. The number of benzene rings is 1. The van der Waals surface area contributed by atoms with Crippen LogP contribution in [-0.2, 0) is 0 Å². The fourth-order valence-corrected chi connectivity index (χ4v) is 2.66. The van der Waals surface area contributed by atoms with Crippen LogP contribution in [0.15, 0.2) is 47.3 Å². The molecule has 7 heteroatoms. The molecule has 2 heterocycles. The highest BCUT2D eigenvalue weighted by molar-refractivity contribution is 6.33. The zero-order chi connectivity index (χ0) is 18.1. The molecule has 0 atom stereocenters. The summed E-state index contributed by atoms with van der Waals surface area (Å²) >= 11 is 6.15. The number of nitrogens with two attached hydrogens (primary N) is 1. The first kappa shape index (κ1) is 17.0. The lowest BCUT2D eigenvalue weighted by Crippen LogP contribution is -2.24. The summed E-state index contributed by atoms with van der Waals surface area (Å²) in [6, 6.07) is 11.3. The molecule has 128 valence electrons. The summed E-state index contributed by atoms with van der Waals surface area (Å²) in [6.07, 6.45) is 0. The highest BCUT2D eigenvalue weighted by atomic mass is 35.5. The third-order valence-corrected chi connectivity index (χ3v) is 4.02. The smallest absolute Gasteiger partial charge is 0.267 e. The number of anilines is 1. The number of hydrogen-bond acceptors (Lipinski definition) is 5. The van der Waals surface area contributed by atoms with Crippen molar-refractivity contribution in [3.05, 3.63) is 57.8 Å². The molecular formula is C18H17ClN4O2. The average molecular weight is 357 g/mol. The zero-order valence-electron chi connectivity index (χ0n) is 13.8. The van der Waals surface area contributed by atoms with Gasteiger partial charge in [0, 0.05) is 17.2 Å². The maximum absolute atomic E-state index is 12.0. The molecular weight excluding hydrogens is 340 g/mol. The van der Waals surface area contributed by atoms with Crippen LogP contribution in [-0.4, -0.2) is 19.9 Å². The number of hydrogen-bond donors (Lipinski definition) is 2. The molecule has 3 rings (SSSR count). The quantitative estimate of drug-likeness (QED) is 0.749. The lowest BCUT2D eigenvalue weighted by molar-refractivity contribution is 0.475. The number of aromatic hydroxyl groups is 1. The number of phenols is 1. The number of aromatic nitrogens is 3. The van der Waals surface area contributed by atoms with Gasteiger partial charge in [0.05, 0.1) is 22.5 Å². The van der Waals surface area contributed by atoms with E-state index in [4.69, 9.17) is 17.3 Å². The molecule has 0 saturated carbocycles. The van der Waals surface area contributed by atoms with Crippen molar-refractivity contribution in [1.82, 2.24) is 14.8 Å². The van der Waals surface area contributed by atoms with Crippen LogP contribution in [0.1, 0.15) is 19.9 Å². The topological polar surface area (TPSA) is 94.0 Å². The average Bonchev–Trinajstić information content (AvgIpc) is 2.57. The van der Waals surface area contributed by atoms with Gasteiger partial charge in [0.25, 0.3) is 5.56 Å². The van der Waals surface area contributed by atoms with Crippen molar-refractivity contribution in [2.24, 2.45) is 0 Å². The van der Waals surface area contributed by atoms with E-state index in [2.05, 4.69) is 10.1 Å². The first-order valence-corrected chi connectivity index (χ1v) is 8.10. The van der Waals surface area contributed by atoms with Gasteiger partial charge in [0.15, 0.2) is 0 Å². The minimum Gasteiger partial charge on any atom is -0.508 e. The van der Waals surface area contributed by atoms with Crippen molar-refractivity contribution in [1.29, 1.82) is 0 Å². The van der Waals surface area contributed by atoms with Gasteiger partial charge in [-0.3, -0.25) is 4.79 Å². The highest BCUT2D eigenvalue weighted by Crippen LogP contribution is 2.34. The summed E-state index contributed by atoms with van der Waals surface area (Å²) in [7, 11) is 0. The summed E-state index contributed by atoms with van der Waals surface area (Å²) in [5.74, 6) is 0.292. The third kappa shape index (κ3) is 3.34. The Hall–Kier alpha value is -2.86. The van der Waals surface area contributed by atoms with E-state index in [0.717, 1.165) is 0 Å². The monoisotopic (exact) mass is 356 g/mol. The highest BCUT2D eigenvalue weighted by Gasteiger charge is 2.16. The van der Waals surface area contributed by atoms with Crippen molar-refractivity contribution < 1.29 is 5.11 Å². The number of halogens is 1. The SMILES string of the molecule is CC(C)n1nc(-c2cc(Cl)c(N)nc2-c2cccc(O)c2)ccc1=O. The Morgan fingerprint density at radius 2 is 1.96 bits per heavy atom. The lowest BCUT2D eigenvalue weighted by atomic mass is 10.0. The van der Waals surface area contributed by atoms with Crippen LogP contribution >= 0.6 is 11.6 Å². The zero-order valence-corrected chi connectivity index (χ0v) is 14.5. The molecule has 1 aromatic carbocycles. The first-order valence-electron chi connectivity index (χ1n) is 7.72. The lowest BCUT2D eigenvalue weighted by Gasteiger charge is -2.14. The van der Waals surface area contributed by atoms with Gasteiger partial charge < -0.3 is 10.8 Å². The molecule has 2 aromatic heterocycles. The van der Waals surface area contributed by atoms with Crippen molar-refractivity contribution in [3.8, 4) is 28.3 Å². The third-order valence-electron chi connectivity index (χ3n) is 3.71. The molecule has 0 radical (unpaired) electrons. The molecule has 0 aliphatic carbocycles. The van der Waals surface area contributed by atoms with Crippen LogP contribution in [0.3, 0.4) is 0 Å². The van der Waals surface area contributed by atoms with E-state index in [1.807, 2.05) is 13.8 Å². The van der Waals surface area contributed by atoms with E-state index < -0.39 is 0 Å². The Labute approximate surface area is 149 Å². The molecule has 25 heavy (non-hydrogen) atoms. The minimum atomic E-state index is -0.188. The molecule has 3 N–H and O–H groups in total. The Kier molecular flexibility index (Phi) is 4.46. The number of rotatable bonds is 3. The van der Waals surface area contributed by atoms with Crippen molar-refractivity contribution in [3.63, 3.8) is 0 Å². The van der Waals surface area contributed by atoms with E-state index in [1.54, 1.807) is 36.4 Å². The summed E-state index contributed by atoms with van der Waals surface area (Å²) in [6.45, 7) is 3.76. The minimum absolute atomic E-state index is 0.0890. The molecule has 0 bridgehead atoms. The van der Waals surface area contributed by atoms with Crippen LogP contribution in [0, 0.1) is 0 Å². The fourth-order valence-electron chi connectivity index (χ4n) is 2.51. The second-order valence-corrected chi connectivity index (χ2v) is 6.30. The molecule has 6 nitrogen and oxygen atoms in total. The van der Waals surface area contributed by atoms with Gasteiger partial charge in [0.2, 0.25) is 0 Å². The first-order chi connectivity index (χ1) is 11.9. The van der Waals surface area contributed by atoms with E-state index in [0.29, 0.717) is 27.5 Å². The van der Waals surface area contributed by atoms with Gasteiger partial charge in [-0.2, -0.15) is 5.10 Å². The maximum atomic E-state index is 12.0. The Morgan fingerprint density at radius 3 is 2.64 bits per heavy atom. The van der Waals surface area contributed by atoms with Crippen molar-refractivity contribution in [2.75, 3.05) is 5.73 Å². The number of phenolic OH excluding ortho intramolecular Hbond substituents is 1. The van der Waals surface area contributed by atoms with Crippen LogP contribution in [0.25, 0.3) is 22.5 Å². The van der Waals surface area contributed by atoms with Crippen LogP contribution in [0.2, 0.25) is 5.02 Å². The fraction of sp³-hybridized carbons (Fsp3) is 0.167. The Bertz CT molecular complexity index is 999. The maximum Gasteiger partial charge on any atom is 0.267 e. The predicted octanol–water partition coefficient (Wildman–Crippen LogP) is 3.49. The number of pyridine rings is 1. The molecule has 0 spiro atoms. The van der Waals surface area contributed by atoms with E-state index in [-0.39, 0.29) is 23.2 Å². The van der Waals surface area contributed by atoms with Gasteiger partial charge in [-0.05, 0) is 38.1 Å².